The molecule has 0 radical (unpaired) electrons. The van der Waals surface area contributed by atoms with Gasteiger partial charge < -0.3 is 15.2 Å². The standard InChI is InChI=1S/C45H34Cl2F3N5O6/c1-61-29-15-18-36(56)33(20-29)38-30-16-17-31-37(42(59)54(40(31)57)28-13-11-27(12-14-28)52-26-5-3-2-4-6-26)32(30)21-34-41(58)55(43(60)44(34,38)23-7-9-25(46)10-8-23)53-39-35(47)19-24(22-51-39)45(48,49)50/h2-16,18-20,22,31-32,34,37-38,52,56H,17,21H2,1H3,(H,51,53)/t31-,32+,34-,37-,38+,44+/m0/s1. The van der Waals surface area contributed by atoms with Gasteiger partial charge in [0.25, 0.3) is 11.8 Å². The van der Waals surface area contributed by atoms with Gasteiger partial charge in [-0.05, 0) is 97.1 Å². The Labute approximate surface area is 356 Å². The second kappa shape index (κ2) is 15.0. The number of rotatable bonds is 8. The molecule has 11 nitrogen and oxygen atoms in total. The number of pyridine rings is 1. The molecule has 2 saturated heterocycles. The van der Waals surface area contributed by atoms with E-state index in [1.54, 1.807) is 54.6 Å². The summed E-state index contributed by atoms with van der Waals surface area (Å²) in [7, 11) is 1.43. The highest BCUT2D eigenvalue weighted by atomic mass is 35.5. The number of carbonyl (C=O) groups excluding carboxylic acids is 4. The fourth-order valence-electron chi connectivity index (χ4n) is 9.65. The fraction of sp³-hybridized carbons (Fsp3) is 0.222. The van der Waals surface area contributed by atoms with E-state index in [0.717, 1.165) is 11.4 Å². The quantitative estimate of drug-likeness (QED) is 0.103. The smallest absolute Gasteiger partial charge is 0.417 e. The lowest BCUT2D eigenvalue weighted by molar-refractivity contribution is -0.139. The number of nitrogens with one attached hydrogen (secondary N) is 2. The monoisotopic (exact) mass is 867 g/mol. The molecule has 3 fully saturated rings. The molecule has 2 aliphatic carbocycles. The molecule has 2 aliphatic heterocycles. The van der Waals surface area contributed by atoms with Crippen LogP contribution in [0.3, 0.4) is 0 Å². The highest BCUT2D eigenvalue weighted by Crippen LogP contribution is 2.65. The van der Waals surface area contributed by atoms with Gasteiger partial charge in [0.15, 0.2) is 5.82 Å². The molecule has 16 heteroatoms. The topological polar surface area (TPSA) is 141 Å². The number of aromatic hydroxyl groups is 1. The Morgan fingerprint density at radius 2 is 1.56 bits per heavy atom. The highest BCUT2D eigenvalue weighted by Gasteiger charge is 2.71. The molecule has 0 unspecified atom stereocenters. The highest BCUT2D eigenvalue weighted by molar-refractivity contribution is 6.33. The van der Waals surface area contributed by atoms with Crippen LogP contribution < -0.4 is 20.4 Å². The van der Waals surface area contributed by atoms with Gasteiger partial charge >= 0.3 is 6.18 Å². The number of carbonyl (C=O) groups is 4. The van der Waals surface area contributed by atoms with Crippen molar-refractivity contribution < 1.29 is 42.2 Å². The van der Waals surface area contributed by atoms with E-state index in [-0.39, 0.29) is 24.2 Å². The van der Waals surface area contributed by atoms with Crippen LogP contribution in [-0.2, 0) is 30.8 Å². The Kier molecular flexibility index (Phi) is 9.82. The zero-order valence-electron chi connectivity index (χ0n) is 32.0. The van der Waals surface area contributed by atoms with Crippen LogP contribution in [0.25, 0.3) is 0 Å². The first-order valence-electron chi connectivity index (χ1n) is 19.2. The first-order chi connectivity index (χ1) is 29.2. The van der Waals surface area contributed by atoms with Crippen molar-refractivity contribution in [1.29, 1.82) is 0 Å². The zero-order chi connectivity index (χ0) is 43.0. The number of amides is 4. The lowest BCUT2D eigenvalue weighted by Gasteiger charge is -2.50. The third-order valence-electron chi connectivity index (χ3n) is 12.3. The average Bonchev–Trinajstić information content (AvgIpc) is 3.63. The number of alkyl halides is 3. The van der Waals surface area contributed by atoms with Crippen molar-refractivity contribution >= 4 is 69.7 Å². The number of para-hydroxylation sites is 1. The van der Waals surface area contributed by atoms with E-state index in [2.05, 4.69) is 15.7 Å². The number of aromatic nitrogens is 1. The van der Waals surface area contributed by atoms with Gasteiger partial charge in [-0.3, -0.25) is 29.5 Å². The van der Waals surface area contributed by atoms with Crippen LogP contribution in [0.15, 0.2) is 121 Å². The molecule has 61 heavy (non-hydrogen) atoms. The van der Waals surface area contributed by atoms with Crippen molar-refractivity contribution in [1.82, 2.24) is 9.99 Å². The van der Waals surface area contributed by atoms with E-state index in [4.69, 9.17) is 27.9 Å². The van der Waals surface area contributed by atoms with E-state index in [1.165, 1.54) is 24.1 Å². The maximum atomic E-state index is 15.4. The molecular weight excluding hydrogens is 834 g/mol. The van der Waals surface area contributed by atoms with Crippen molar-refractivity contribution in [2.24, 2.45) is 23.7 Å². The number of benzene rings is 4. The summed E-state index contributed by atoms with van der Waals surface area (Å²) in [5.74, 6) is -7.77. The molecule has 0 bridgehead atoms. The van der Waals surface area contributed by atoms with Crippen LogP contribution in [0, 0.1) is 23.7 Å². The lowest BCUT2D eigenvalue weighted by atomic mass is 9.49. The Balaban J connectivity index is 1.16. The molecule has 1 aromatic heterocycles. The Hall–Kier alpha value is -6.38. The van der Waals surface area contributed by atoms with Gasteiger partial charge in [0.1, 0.15) is 11.5 Å². The summed E-state index contributed by atoms with van der Waals surface area (Å²) in [5.41, 5.74) is 2.66. The predicted molar refractivity (Wildman–Crippen MR) is 220 cm³/mol. The normalized spacial score (nSPS) is 24.6. The van der Waals surface area contributed by atoms with E-state index in [0.29, 0.717) is 44.9 Å². The van der Waals surface area contributed by atoms with Gasteiger partial charge in [0, 0.05) is 34.1 Å². The van der Waals surface area contributed by atoms with E-state index in [9.17, 15) is 32.7 Å². The van der Waals surface area contributed by atoms with E-state index in [1.807, 2.05) is 36.4 Å². The minimum atomic E-state index is -4.77. The number of hydrogen-bond acceptors (Lipinski definition) is 9. The summed E-state index contributed by atoms with van der Waals surface area (Å²) >= 11 is 12.6. The maximum absolute atomic E-state index is 15.4. The fourth-order valence-corrected chi connectivity index (χ4v) is 9.99. The summed E-state index contributed by atoms with van der Waals surface area (Å²) in [6, 6.07) is 27.8. The SMILES string of the molecule is COc1ccc(O)c([C@H]2C3=CC[C@@H]4C(=O)N(c5ccc(Nc6ccccc6)cc5)C(=O)[C@@H]4[C@@H]3C[C@H]3C(=O)N(Nc4ncc(C(F)(F)F)cc4Cl)C(=O)[C@@]23c2ccc(Cl)cc2)c1. The van der Waals surface area contributed by atoms with Gasteiger partial charge in [-0.2, -0.15) is 18.2 Å². The minimum Gasteiger partial charge on any atom is -0.508 e. The van der Waals surface area contributed by atoms with Crippen LogP contribution in [-0.4, -0.2) is 45.8 Å². The van der Waals surface area contributed by atoms with Crippen LogP contribution in [0.4, 0.5) is 36.1 Å². The van der Waals surface area contributed by atoms with Gasteiger partial charge in [-0.25, -0.2) is 4.98 Å². The van der Waals surface area contributed by atoms with Crippen molar-refractivity contribution in [3.05, 3.63) is 148 Å². The number of allylic oxidation sites excluding steroid dienone is 2. The molecule has 6 atom stereocenters. The molecule has 3 heterocycles. The molecule has 0 spiro atoms. The van der Waals surface area contributed by atoms with E-state index < -0.39 is 81.2 Å². The predicted octanol–water partition coefficient (Wildman–Crippen LogP) is 9.05. The molecule has 4 aliphatic rings. The van der Waals surface area contributed by atoms with Crippen molar-refractivity contribution in [3.8, 4) is 11.5 Å². The van der Waals surface area contributed by atoms with Gasteiger partial charge in [-0.15, -0.1) is 0 Å². The Bertz CT molecular complexity index is 2650. The number of ether oxygens (including phenoxy) is 1. The van der Waals surface area contributed by atoms with Crippen LogP contribution in [0.5, 0.6) is 11.5 Å². The number of anilines is 4. The third-order valence-corrected chi connectivity index (χ3v) is 12.8. The number of phenolic OH excluding ortho intramolecular Hbond substituents is 1. The summed E-state index contributed by atoms with van der Waals surface area (Å²) < 4.78 is 46.2. The second-order valence-electron chi connectivity index (χ2n) is 15.4. The third kappa shape index (κ3) is 6.47. The number of fused-ring (bicyclic) bond motifs is 4. The largest absolute Gasteiger partial charge is 0.508 e. The number of nitrogens with zero attached hydrogens (tertiary/aromatic N) is 3. The number of phenols is 1. The molecule has 4 aromatic carbocycles. The van der Waals surface area contributed by atoms with Crippen LogP contribution >= 0.6 is 23.2 Å². The molecule has 3 N–H and O–H groups in total. The zero-order valence-corrected chi connectivity index (χ0v) is 33.5. The first-order valence-corrected chi connectivity index (χ1v) is 20.0. The molecule has 9 rings (SSSR count). The summed E-state index contributed by atoms with van der Waals surface area (Å²) in [6.07, 6.45) is -2.40. The van der Waals surface area contributed by atoms with Crippen molar-refractivity contribution in [2.45, 2.75) is 30.4 Å². The van der Waals surface area contributed by atoms with Crippen LogP contribution in [0.1, 0.15) is 35.4 Å². The molecule has 4 amide bonds. The Morgan fingerprint density at radius 1 is 0.852 bits per heavy atom. The van der Waals surface area contributed by atoms with E-state index >= 15 is 4.79 Å². The molecule has 5 aromatic rings. The molecule has 310 valence electrons. The average molecular weight is 869 g/mol. The van der Waals surface area contributed by atoms with Crippen molar-refractivity contribution in [3.63, 3.8) is 0 Å². The summed E-state index contributed by atoms with van der Waals surface area (Å²) in [5, 5.41) is 15.5. The van der Waals surface area contributed by atoms with Gasteiger partial charge in [0.05, 0.1) is 46.6 Å². The molecular formula is C45H34Cl2F3N5O6. The van der Waals surface area contributed by atoms with Crippen molar-refractivity contribution in [2.75, 3.05) is 22.8 Å². The number of imide groups is 2. The summed E-state index contributed by atoms with van der Waals surface area (Å²) in [6.45, 7) is 0. The van der Waals surface area contributed by atoms with Gasteiger partial charge in [-0.1, -0.05) is 65.2 Å². The second-order valence-corrected chi connectivity index (χ2v) is 16.2. The summed E-state index contributed by atoms with van der Waals surface area (Å²) in [4.78, 5) is 64.4. The number of hydrazine groups is 1. The first kappa shape index (κ1) is 40.0. The molecule has 1 saturated carbocycles. The van der Waals surface area contributed by atoms with Crippen LogP contribution in [0.2, 0.25) is 10.0 Å². The number of halogens is 5. The Morgan fingerprint density at radius 3 is 2.23 bits per heavy atom. The number of hydrogen-bond donors (Lipinski definition) is 3. The number of methoxy groups -OCH3 is 1. The minimum absolute atomic E-state index is 0.0967. The van der Waals surface area contributed by atoms with Gasteiger partial charge in [0.2, 0.25) is 11.8 Å². The maximum Gasteiger partial charge on any atom is 0.417 e. The lowest BCUT2D eigenvalue weighted by Crippen LogP contribution is -2.53.